The zero-order chi connectivity index (χ0) is 27.9. The lowest BCUT2D eigenvalue weighted by molar-refractivity contribution is 0.651. The Bertz CT molecular complexity index is 2220. The Hall–Kier alpha value is -4.27. The lowest BCUT2D eigenvalue weighted by Crippen LogP contribution is -2.46. The van der Waals surface area contributed by atoms with E-state index in [1.807, 2.05) is 24.5 Å². The van der Waals surface area contributed by atoms with Crippen LogP contribution in [0.5, 0.6) is 0 Å². The summed E-state index contributed by atoms with van der Waals surface area (Å²) in [6.45, 7) is 2.63. The van der Waals surface area contributed by atoms with Gasteiger partial charge in [-0.2, -0.15) is 0 Å². The van der Waals surface area contributed by atoms with Crippen LogP contribution in [0.1, 0.15) is 11.1 Å². The third-order valence-electron chi connectivity index (χ3n) is 8.45. The molecular formula is C34H22Br2N6. The topological polar surface area (TPSA) is 50.1 Å². The van der Waals surface area contributed by atoms with Gasteiger partial charge in [-0.1, -0.05) is 50.1 Å². The van der Waals surface area contributed by atoms with Crippen LogP contribution in [-0.2, 0) is 13.1 Å². The van der Waals surface area contributed by atoms with Crippen molar-refractivity contribution >= 4 is 76.1 Å². The Labute approximate surface area is 258 Å². The number of imidazole rings is 1. The third-order valence-corrected chi connectivity index (χ3v) is 9.47. The Balaban J connectivity index is 1.30. The number of rotatable bonds is 2. The molecule has 5 heterocycles. The van der Waals surface area contributed by atoms with Crippen molar-refractivity contribution in [2.24, 2.45) is 0 Å². The molecule has 4 aromatic carbocycles. The number of benzene rings is 4. The van der Waals surface area contributed by atoms with Crippen LogP contribution in [0.15, 0.2) is 106 Å². The summed E-state index contributed by atoms with van der Waals surface area (Å²) in [7, 11) is 0. The maximum Gasteiger partial charge on any atom is 0.145 e. The highest BCUT2D eigenvalue weighted by Gasteiger charge is 2.30. The molecule has 0 spiro atoms. The molecular weight excluding hydrogens is 652 g/mol. The van der Waals surface area contributed by atoms with Gasteiger partial charge in [0.1, 0.15) is 5.82 Å². The number of hydrogen-bond acceptors (Lipinski definition) is 5. The predicted molar refractivity (Wildman–Crippen MR) is 176 cm³/mol. The van der Waals surface area contributed by atoms with Crippen LogP contribution < -0.4 is 9.80 Å². The molecule has 0 aliphatic carbocycles. The Morgan fingerprint density at radius 1 is 0.619 bits per heavy atom. The molecule has 6 nitrogen and oxygen atoms in total. The summed E-state index contributed by atoms with van der Waals surface area (Å²) in [5, 5.41) is 2.04. The van der Waals surface area contributed by atoms with Crippen molar-refractivity contribution in [2.45, 2.75) is 13.1 Å². The average molecular weight is 674 g/mol. The van der Waals surface area contributed by atoms with Crippen LogP contribution in [0.25, 0.3) is 49.9 Å². The van der Waals surface area contributed by atoms with Gasteiger partial charge < -0.3 is 9.80 Å². The van der Waals surface area contributed by atoms with Crippen molar-refractivity contribution in [1.29, 1.82) is 0 Å². The molecule has 2 aliphatic heterocycles. The minimum Gasteiger partial charge on any atom is -0.349 e. The smallest absolute Gasteiger partial charge is 0.145 e. The lowest BCUT2D eigenvalue weighted by Gasteiger charge is -2.45. The van der Waals surface area contributed by atoms with Crippen molar-refractivity contribution in [3.63, 3.8) is 0 Å². The normalized spacial score (nSPS) is 14.0. The second-order valence-electron chi connectivity index (χ2n) is 10.9. The minimum atomic E-state index is 0.871. The zero-order valence-corrected chi connectivity index (χ0v) is 25.5. The first-order valence-corrected chi connectivity index (χ1v) is 15.4. The molecule has 42 heavy (non-hydrogen) atoms. The number of fused-ring (bicyclic) bond motifs is 12. The number of nitrogens with zero attached hydrogens (tertiary/aromatic N) is 6. The van der Waals surface area contributed by atoms with Crippen LogP contribution in [0.4, 0.5) is 11.4 Å². The number of halogens is 2. The van der Waals surface area contributed by atoms with E-state index in [-0.39, 0.29) is 0 Å². The van der Waals surface area contributed by atoms with Gasteiger partial charge in [0.2, 0.25) is 0 Å². The van der Waals surface area contributed by atoms with Crippen molar-refractivity contribution in [2.75, 3.05) is 16.5 Å². The molecule has 0 radical (unpaired) electrons. The van der Waals surface area contributed by atoms with Crippen LogP contribution in [-0.4, -0.2) is 26.2 Å². The van der Waals surface area contributed by atoms with Gasteiger partial charge in [-0.15, -0.1) is 0 Å². The van der Waals surface area contributed by atoms with Crippen LogP contribution in [0.2, 0.25) is 0 Å². The fourth-order valence-corrected chi connectivity index (χ4v) is 7.21. The second kappa shape index (κ2) is 9.11. The average Bonchev–Trinajstić information content (AvgIpc) is 3.43. The van der Waals surface area contributed by atoms with E-state index in [9.17, 15) is 0 Å². The maximum atomic E-state index is 5.38. The van der Waals surface area contributed by atoms with Gasteiger partial charge in [-0.05, 0) is 77.9 Å². The number of aromatic nitrogens is 4. The van der Waals surface area contributed by atoms with Crippen LogP contribution in [0.3, 0.4) is 0 Å². The summed E-state index contributed by atoms with van der Waals surface area (Å²) in [6, 6.07) is 30.1. The molecule has 7 aromatic rings. The third kappa shape index (κ3) is 3.58. The van der Waals surface area contributed by atoms with E-state index >= 15 is 0 Å². The largest absolute Gasteiger partial charge is 0.349 e. The van der Waals surface area contributed by atoms with Crippen LogP contribution in [0, 0.1) is 0 Å². The first kappa shape index (κ1) is 24.3. The fourth-order valence-electron chi connectivity index (χ4n) is 6.60. The summed E-state index contributed by atoms with van der Waals surface area (Å²) in [6.07, 6.45) is 3.67. The Morgan fingerprint density at radius 3 is 2.02 bits per heavy atom. The van der Waals surface area contributed by atoms with E-state index in [0.717, 1.165) is 78.6 Å². The van der Waals surface area contributed by atoms with Crippen molar-refractivity contribution in [3.05, 3.63) is 117 Å². The zero-order valence-electron chi connectivity index (χ0n) is 22.3. The Morgan fingerprint density at radius 2 is 1.26 bits per heavy atom. The lowest BCUT2D eigenvalue weighted by atomic mass is 10.00. The molecule has 8 heteroatoms. The summed E-state index contributed by atoms with van der Waals surface area (Å²) in [5.74, 6) is 0.903. The van der Waals surface area contributed by atoms with Gasteiger partial charge in [0.05, 0.1) is 28.7 Å². The van der Waals surface area contributed by atoms with E-state index in [4.69, 9.17) is 15.0 Å². The summed E-state index contributed by atoms with van der Waals surface area (Å²) in [5.41, 5.74) is 11.1. The van der Waals surface area contributed by atoms with Gasteiger partial charge in [-0.25, -0.2) is 4.98 Å². The van der Waals surface area contributed by atoms with Crippen LogP contribution >= 0.6 is 31.9 Å². The SMILES string of the molecule is Brc1ccc(-n2c(-c3ccc4c(c3)N3Cc5ccc(Br)cc5N(C4)C3)nc3c4cccnc4c4ncccc4c32)cc1. The molecule has 0 fully saturated rings. The monoisotopic (exact) mass is 672 g/mol. The van der Waals surface area contributed by atoms with Gasteiger partial charge in [0.25, 0.3) is 0 Å². The molecule has 0 saturated carbocycles. The number of anilines is 2. The molecule has 2 bridgehead atoms. The number of pyridine rings is 2. The first-order chi connectivity index (χ1) is 20.6. The Kier molecular flexibility index (Phi) is 5.28. The van der Waals surface area contributed by atoms with Gasteiger partial charge >= 0.3 is 0 Å². The van der Waals surface area contributed by atoms with E-state index in [0.29, 0.717) is 0 Å². The van der Waals surface area contributed by atoms with E-state index in [1.165, 1.54) is 22.5 Å². The van der Waals surface area contributed by atoms with Crippen molar-refractivity contribution in [3.8, 4) is 17.1 Å². The molecule has 0 N–H and O–H groups in total. The quantitative estimate of drug-likeness (QED) is 0.172. The highest BCUT2D eigenvalue weighted by Crippen LogP contribution is 2.42. The second-order valence-corrected chi connectivity index (χ2v) is 12.7. The van der Waals surface area contributed by atoms with Gasteiger partial charge in [-0.3, -0.25) is 14.5 Å². The predicted octanol–water partition coefficient (Wildman–Crippen LogP) is 8.61. The highest BCUT2D eigenvalue weighted by atomic mass is 79.9. The molecule has 3 aromatic heterocycles. The molecule has 9 rings (SSSR count). The molecule has 0 saturated heterocycles. The molecule has 0 amide bonds. The summed E-state index contributed by atoms with van der Waals surface area (Å²) >= 11 is 7.28. The molecule has 0 unspecified atom stereocenters. The van der Waals surface area contributed by atoms with Gasteiger partial charge in [0.15, 0.2) is 0 Å². The summed E-state index contributed by atoms with van der Waals surface area (Å²) in [4.78, 5) is 19.8. The molecule has 202 valence electrons. The van der Waals surface area contributed by atoms with Crippen molar-refractivity contribution < 1.29 is 0 Å². The molecule has 2 aliphatic rings. The van der Waals surface area contributed by atoms with Gasteiger partial charge in [0, 0.05) is 67.8 Å². The first-order valence-electron chi connectivity index (χ1n) is 13.8. The number of hydrogen-bond donors (Lipinski definition) is 0. The maximum absolute atomic E-state index is 5.38. The standard InChI is InChI=1S/C34H22Br2N6/c35-23-9-11-25(12-10-23)42-33-27-4-2-14-38-31(27)30-26(3-1-13-37-30)32(33)39-34(42)20-5-6-21-17-41-19-40(28(21)15-20)18-22-7-8-24(36)16-29(22)41/h1-16H,17-19H2. The summed E-state index contributed by atoms with van der Waals surface area (Å²) < 4.78 is 4.44. The van der Waals surface area contributed by atoms with E-state index in [2.05, 4.69) is 119 Å². The fraction of sp³-hybridized carbons (Fsp3) is 0.0882. The highest BCUT2D eigenvalue weighted by molar-refractivity contribution is 9.10. The van der Waals surface area contributed by atoms with E-state index in [1.54, 1.807) is 0 Å². The molecule has 0 atom stereocenters. The minimum absolute atomic E-state index is 0.871. The van der Waals surface area contributed by atoms with Crippen molar-refractivity contribution in [1.82, 2.24) is 19.5 Å². The van der Waals surface area contributed by atoms with E-state index < -0.39 is 0 Å².